The van der Waals surface area contributed by atoms with E-state index in [4.69, 9.17) is 0 Å². The van der Waals surface area contributed by atoms with Gasteiger partial charge < -0.3 is 5.11 Å². The fourth-order valence-electron chi connectivity index (χ4n) is 1.74. The molecular formula is C13H16BrF2NO2. The monoisotopic (exact) mass is 335 g/mol. The van der Waals surface area contributed by atoms with E-state index in [9.17, 15) is 18.7 Å². The molecule has 0 amide bonds. The zero-order valence-corrected chi connectivity index (χ0v) is 12.6. The maximum Gasteiger partial charge on any atom is 0.323 e. The highest BCUT2D eigenvalue weighted by Gasteiger charge is 2.34. The highest BCUT2D eigenvalue weighted by atomic mass is 79.9. The van der Waals surface area contributed by atoms with Gasteiger partial charge in [-0.3, -0.25) is 9.69 Å². The van der Waals surface area contributed by atoms with E-state index in [0.29, 0.717) is 6.54 Å². The number of carboxylic acids is 1. The molecule has 0 unspecified atom stereocenters. The molecule has 0 bridgehead atoms. The lowest BCUT2D eigenvalue weighted by Gasteiger charge is -2.34. The van der Waals surface area contributed by atoms with E-state index in [0.717, 1.165) is 6.07 Å². The zero-order chi connectivity index (χ0) is 14.8. The molecule has 1 aromatic carbocycles. The summed E-state index contributed by atoms with van der Waals surface area (Å²) >= 11 is 2.99. The van der Waals surface area contributed by atoms with Crippen molar-refractivity contribution < 1.29 is 18.7 Å². The van der Waals surface area contributed by atoms with Crippen LogP contribution >= 0.6 is 15.9 Å². The van der Waals surface area contributed by atoms with Gasteiger partial charge in [0.2, 0.25) is 0 Å². The first-order valence-electron chi connectivity index (χ1n) is 5.82. The minimum atomic E-state index is -1.20. The number of carbonyl (C=O) groups is 1. The average Bonchev–Trinajstić information content (AvgIpc) is 2.34. The van der Waals surface area contributed by atoms with E-state index in [1.54, 1.807) is 6.92 Å². The molecule has 0 radical (unpaired) electrons. The molecule has 0 aliphatic rings. The van der Waals surface area contributed by atoms with E-state index in [2.05, 4.69) is 15.9 Å². The van der Waals surface area contributed by atoms with Crippen molar-refractivity contribution in [1.82, 2.24) is 4.90 Å². The van der Waals surface area contributed by atoms with Crippen LogP contribution in [0.3, 0.4) is 0 Å². The quantitative estimate of drug-likeness (QED) is 0.838. The molecule has 0 atom stereocenters. The molecular weight excluding hydrogens is 320 g/mol. The van der Waals surface area contributed by atoms with Crippen LogP contribution in [0.4, 0.5) is 8.78 Å². The van der Waals surface area contributed by atoms with Crippen molar-refractivity contribution in [2.24, 2.45) is 0 Å². The molecule has 0 aromatic heterocycles. The number of carboxylic acid groups (broad SMARTS) is 1. The van der Waals surface area contributed by atoms with Crippen molar-refractivity contribution in [3.05, 3.63) is 33.8 Å². The molecule has 3 nitrogen and oxygen atoms in total. The summed E-state index contributed by atoms with van der Waals surface area (Å²) in [7, 11) is 0. The van der Waals surface area contributed by atoms with Gasteiger partial charge in [0.1, 0.15) is 17.2 Å². The zero-order valence-electron chi connectivity index (χ0n) is 11.0. The van der Waals surface area contributed by atoms with Crippen LogP contribution in [0.5, 0.6) is 0 Å². The van der Waals surface area contributed by atoms with Gasteiger partial charge in [0.05, 0.1) is 4.47 Å². The van der Waals surface area contributed by atoms with Crippen LogP contribution in [0.1, 0.15) is 26.3 Å². The van der Waals surface area contributed by atoms with Crippen molar-refractivity contribution in [1.29, 1.82) is 0 Å². The van der Waals surface area contributed by atoms with Gasteiger partial charge in [-0.2, -0.15) is 0 Å². The van der Waals surface area contributed by atoms with E-state index >= 15 is 0 Å². The second-order valence-electron chi connectivity index (χ2n) is 4.70. The number of benzene rings is 1. The third-order valence-corrected chi connectivity index (χ3v) is 3.80. The average molecular weight is 336 g/mol. The Morgan fingerprint density at radius 2 is 2.00 bits per heavy atom. The maximum absolute atomic E-state index is 13.9. The summed E-state index contributed by atoms with van der Waals surface area (Å²) in [5.74, 6) is -2.41. The Morgan fingerprint density at radius 3 is 2.47 bits per heavy atom. The van der Waals surface area contributed by atoms with Gasteiger partial charge in [-0.1, -0.05) is 6.92 Å². The summed E-state index contributed by atoms with van der Waals surface area (Å²) in [5.41, 5.74) is -1.33. The number of rotatable bonds is 5. The van der Waals surface area contributed by atoms with Crippen LogP contribution in [0.25, 0.3) is 0 Å². The van der Waals surface area contributed by atoms with E-state index in [1.165, 1.54) is 24.8 Å². The first-order valence-corrected chi connectivity index (χ1v) is 6.62. The Bertz CT molecular complexity index is 492. The van der Waals surface area contributed by atoms with Crippen molar-refractivity contribution in [2.75, 3.05) is 6.54 Å². The second kappa shape index (κ2) is 5.96. The number of nitrogens with zero attached hydrogens (tertiary/aromatic N) is 1. The van der Waals surface area contributed by atoms with Gasteiger partial charge in [-0.25, -0.2) is 8.78 Å². The molecule has 0 fully saturated rings. The molecule has 0 saturated heterocycles. The molecule has 106 valence electrons. The lowest BCUT2D eigenvalue weighted by atomic mass is 10.0. The van der Waals surface area contributed by atoms with Crippen LogP contribution < -0.4 is 0 Å². The number of likely N-dealkylation sites (N-methyl/N-ethyl adjacent to an activating group) is 1. The Kier molecular flexibility index (Phi) is 5.04. The number of hydrogen-bond donors (Lipinski definition) is 1. The van der Waals surface area contributed by atoms with Crippen LogP contribution in [-0.4, -0.2) is 28.1 Å². The Labute approximate surface area is 119 Å². The standard InChI is InChI=1S/C13H16BrF2NO2/c1-4-17(13(2,3)12(18)19)7-8-10(15)6-5-9(14)11(8)16/h5-6H,4,7H2,1-3H3,(H,18,19). The largest absolute Gasteiger partial charge is 0.480 e. The highest BCUT2D eigenvalue weighted by molar-refractivity contribution is 9.10. The SMILES string of the molecule is CCN(Cc1c(F)ccc(Br)c1F)C(C)(C)C(=O)O. The third kappa shape index (κ3) is 3.30. The molecule has 19 heavy (non-hydrogen) atoms. The summed E-state index contributed by atoms with van der Waals surface area (Å²) < 4.78 is 27.7. The molecule has 1 rings (SSSR count). The van der Waals surface area contributed by atoms with Gasteiger partial charge in [0, 0.05) is 12.1 Å². The molecule has 1 aromatic rings. The van der Waals surface area contributed by atoms with Crippen LogP contribution in [0.15, 0.2) is 16.6 Å². The van der Waals surface area contributed by atoms with Crippen LogP contribution in [0.2, 0.25) is 0 Å². The van der Waals surface area contributed by atoms with Gasteiger partial charge in [-0.05, 0) is 48.5 Å². The first kappa shape index (κ1) is 16.0. The smallest absolute Gasteiger partial charge is 0.323 e. The number of hydrogen-bond acceptors (Lipinski definition) is 2. The molecule has 0 aliphatic heterocycles. The second-order valence-corrected chi connectivity index (χ2v) is 5.55. The first-order chi connectivity index (χ1) is 8.71. The summed E-state index contributed by atoms with van der Waals surface area (Å²) in [4.78, 5) is 12.7. The predicted molar refractivity (Wildman–Crippen MR) is 71.9 cm³/mol. The van der Waals surface area contributed by atoms with Gasteiger partial charge in [0.25, 0.3) is 0 Å². The Hall–Kier alpha value is -1.01. The molecule has 6 heteroatoms. The van der Waals surface area contributed by atoms with Crippen molar-refractivity contribution in [3.63, 3.8) is 0 Å². The summed E-state index contributed by atoms with van der Waals surface area (Å²) in [5, 5.41) is 9.18. The fraction of sp³-hybridized carbons (Fsp3) is 0.462. The molecule has 0 spiro atoms. The molecule has 0 saturated carbocycles. The van der Waals surface area contributed by atoms with Crippen molar-refractivity contribution >= 4 is 21.9 Å². The van der Waals surface area contributed by atoms with E-state index < -0.39 is 23.1 Å². The van der Waals surface area contributed by atoms with Crippen LogP contribution in [0, 0.1) is 11.6 Å². The van der Waals surface area contributed by atoms with Crippen molar-refractivity contribution in [3.8, 4) is 0 Å². The molecule has 0 aliphatic carbocycles. The van der Waals surface area contributed by atoms with Gasteiger partial charge in [0.15, 0.2) is 0 Å². The third-order valence-electron chi connectivity index (χ3n) is 3.18. The Morgan fingerprint density at radius 1 is 1.42 bits per heavy atom. The van der Waals surface area contributed by atoms with E-state index in [-0.39, 0.29) is 16.6 Å². The van der Waals surface area contributed by atoms with E-state index in [1.807, 2.05) is 0 Å². The van der Waals surface area contributed by atoms with Crippen LogP contribution in [-0.2, 0) is 11.3 Å². The summed E-state index contributed by atoms with van der Waals surface area (Å²) in [6.45, 7) is 5.02. The fourth-order valence-corrected chi connectivity index (χ4v) is 2.12. The molecule has 0 heterocycles. The van der Waals surface area contributed by atoms with Gasteiger partial charge >= 0.3 is 5.97 Å². The van der Waals surface area contributed by atoms with Crippen molar-refractivity contribution in [2.45, 2.75) is 32.9 Å². The Balaban J connectivity index is 3.13. The maximum atomic E-state index is 13.9. The minimum Gasteiger partial charge on any atom is -0.480 e. The summed E-state index contributed by atoms with van der Waals surface area (Å²) in [6, 6.07) is 2.44. The molecule has 1 N–H and O–H groups in total. The van der Waals surface area contributed by atoms with Gasteiger partial charge in [-0.15, -0.1) is 0 Å². The topological polar surface area (TPSA) is 40.5 Å². The highest BCUT2D eigenvalue weighted by Crippen LogP contribution is 2.25. The summed E-state index contributed by atoms with van der Waals surface area (Å²) in [6.07, 6.45) is 0. The normalized spacial score (nSPS) is 11.9. The number of aliphatic carboxylic acids is 1. The predicted octanol–water partition coefficient (Wildman–Crippen LogP) is 3.41. The minimum absolute atomic E-state index is 0.104. The lowest BCUT2D eigenvalue weighted by molar-refractivity contribution is -0.149. The number of halogens is 3. The lowest BCUT2D eigenvalue weighted by Crippen LogP contribution is -2.49.